The minimum Gasteiger partial charge on any atom is -0.337 e. The van der Waals surface area contributed by atoms with Gasteiger partial charge in [-0.1, -0.05) is 0 Å². The second-order valence-electron chi connectivity index (χ2n) is 4.19. The van der Waals surface area contributed by atoms with E-state index in [2.05, 4.69) is 5.32 Å². The van der Waals surface area contributed by atoms with Crippen LogP contribution in [0.15, 0.2) is 18.2 Å². The largest absolute Gasteiger partial charge is 0.337 e. The number of hydrogen-bond acceptors (Lipinski definition) is 2. The molecular weight excluding hydrogens is 226 g/mol. The zero-order chi connectivity index (χ0) is 12.4. The molecule has 1 aliphatic heterocycles. The van der Waals surface area contributed by atoms with Crippen molar-refractivity contribution < 1.29 is 13.6 Å². The van der Waals surface area contributed by atoms with Gasteiger partial charge in [0.2, 0.25) is 0 Å². The number of amides is 1. The SMILES string of the molecule is CN(C(=O)c1ccc(F)c(F)c1)[C@H]1CCNC1. The van der Waals surface area contributed by atoms with Crippen molar-refractivity contribution in [1.82, 2.24) is 10.2 Å². The number of hydrogen-bond donors (Lipinski definition) is 1. The molecule has 2 rings (SSSR count). The van der Waals surface area contributed by atoms with Crippen LogP contribution in [-0.4, -0.2) is 37.0 Å². The first-order valence-corrected chi connectivity index (χ1v) is 5.52. The predicted octanol–water partition coefficient (Wildman–Crippen LogP) is 1.40. The van der Waals surface area contributed by atoms with Crippen molar-refractivity contribution in [3.8, 4) is 0 Å². The lowest BCUT2D eigenvalue weighted by Crippen LogP contribution is -2.38. The summed E-state index contributed by atoms with van der Waals surface area (Å²) in [5.74, 6) is -2.21. The summed E-state index contributed by atoms with van der Waals surface area (Å²) in [6.45, 7) is 1.62. The third-order valence-electron chi connectivity index (χ3n) is 3.07. The van der Waals surface area contributed by atoms with Gasteiger partial charge < -0.3 is 10.2 Å². The van der Waals surface area contributed by atoms with E-state index in [1.54, 1.807) is 11.9 Å². The highest BCUT2D eigenvalue weighted by molar-refractivity contribution is 5.94. The van der Waals surface area contributed by atoms with Crippen molar-refractivity contribution in [3.63, 3.8) is 0 Å². The molecule has 1 saturated heterocycles. The zero-order valence-electron chi connectivity index (χ0n) is 9.54. The number of rotatable bonds is 2. The molecule has 1 heterocycles. The fraction of sp³-hybridized carbons (Fsp3) is 0.417. The summed E-state index contributed by atoms with van der Waals surface area (Å²) in [5.41, 5.74) is 0.179. The summed E-state index contributed by atoms with van der Waals surface area (Å²) in [5, 5.41) is 3.15. The Hall–Kier alpha value is -1.49. The summed E-state index contributed by atoms with van der Waals surface area (Å²) in [7, 11) is 1.68. The Balaban J connectivity index is 2.15. The first-order chi connectivity index (χ1) is 8.09. The first-order valence-electron chi connectivity index (χ1n) is 5.52. The second kappa shape index (κ2) is 4.79. The van der Waals surface area contributed by atoms with Gasteiger partial charge >= 0.3 is 0 Å². The second-order valence-corrected chi connectivity index (χ2v) is 4.19. The Morgan fingerprint density at radius 3 is 2.76 bits per heavy atom. The van der Waals surface area contributed by atoms with Crippen molar-refractivity contribution in [2.45, 2.75) is 12.5 Å². The van der Waals surface area contributed by atoms with E-state index in [0.29, 0.717) is 0 Å². The monoisotopic (exact) mass is 240 g/mol. The molecule has 0 aromatic heterocycles. The van der Waals surface area contributed by atoms with Crippen molar-refractivity contribution in [3.05, 3.63) is 35.4 Å². The molecule has 0 unspecified atom stereocenters. The molecule has 5 heteroatoms. The lowest BCUT2D eigenvalue weighted by atomic mass is 10.1. The minimum absolute atomic E-state index is 0.121. The average molecular weight is 240 g/mol. The predicted molar refractivity (Wildman–Crippen MR) is 59.7 cm³/mol. The fourth-order valence-electron chi connectivity index (χ4n) is 1.97. The van der Waals surface area contributed by atoms with Gasteiger partial charge in [-0.05, 0) is 31.2 Å². The van der Waals surface area contributed by atoms with Gasteiger partial charge in [-0.3, -0.25) is 4.79 Å². The average Bonchev–Trinajstić information content (AvgIpc) is 2.84. The van der Waals surface area contributed by atoms with Crippen molar-refractivity contribution in [2.75, 3.05) is 20.1 Å². The standard InChI is InChI=1S/C12H14F2N2O/c1-16(9-4-5-15-7-9)12(17)8-2-3-10(13)11(14)6-8/h2-3,6,9,15H,4-5,7H2,1H3/t9-/m0/s1. The normalized spacial score (nSPS) is 19.4. The maximum atomic E-state index is 13.0. The van der Waals surface area contributed by atoms with Crippen molar-refractivity contribution in [1.29, 1.82) is 0 Å². The van der Waals surface area contributed by atoms with Crippen LogP contribution in [0.1, 0.15) is 16.8 Å². The summed E-state index contributed by atoms with van der Waals surface area (Å²) < 4.78 is 25.8. The van der Waals surface area contributed by atoms with E-state index < -0.39 is 11.6 Å². The molecule has 1 atom stereocenters. The Kier molecular flexibility index (Phi) is 3.38. The number of halogens is 2. The highest BCUT2D eigenvalue weighted by Crippen LogP contribution is 2.14. The van der Waals surface area contributed by atoms with Gasteiger partial charge in [-0.15, -0.1) is 0 Å². The van der Waals surface area contributed by atoms with Gasteiger partial charge in [0, 0.05) is 25.2 Å². The smallest absolute Gasteiger partial charge is 0.253 e. The quantitative estimate of drug-likeness (QED) is 0.847. The van der Waals surface area contributed by atoms with Crippen LogP contribution < -0.4 is 5.32 Å². The lowest BCUT2D eigenvalue weighted by Gasteiger charge is -2.23. The maximum absolute atomic E-state index is 13.0. The van der Waals surface area contributed by atoms with Gasteiger partial charge in [0.05, 0.1) is 0 Å². The van der Waals surface area contributed by atoms with Gasteiger partial charge in [0.15, 0.2) is 11.6 Å². The van der Waals surface area contributed by atoms with Crippen LogP contribution in [0.4, 0.5) is 8.78 Å². The van der Waals surface area contributed by atoms with Gasteiger partial charge in [0.1, 0.15) is 0 Å². The van der Waals surface area contributed by atoms with E-state index in [0.717, 1.165) is 31.6 Å². The summed E-state index contributed by atoms with van der Waals surface area (Å²) >= 11 is 0. The van der Waals surface area contributed by atoms with E-state index in [4.69, 9.17) is 0 Å². The Morgan fingerprint density at radius 1 is 1.41 bits per heavy atom. The van der Waals surface area contributed by atoms with E-state index in [1.807, 2.05) is 0 Å². The van der Waals surface area contributed by atoms with E-state index in [-0.39, 0.29) is 17.5 Å². The number of carbonyl (C=O) groups is 1. The summed E-state index contributed by atoms with van der Waals surface area (Å²) in [4.78, 5) is 13.6. The molecule has 3 nitrogen and oxygen atoms in total. The van der Waals surface area contributed by atoms with E-state index >= 15 is 0 Å². The molecule has 17 heavy (non-hydrogen) atoms. The molecule has 0 radical (unpaired) electrons. The number of nitrogens with zero attached hydrogens (tertiary/aromatic N) is 1. The van der Waals surface area contributed by atoms with Crippen LogP contribution in [0.3, 0.4) is 0 Å². The highest BCUT2D eigenvalue weighted by atomic mass is 19.2. The molecular formula is C12H14F2N2O. The molecule has 1 aliphatic rings. The number of benzene rings is 1. The third kappa shape index (κ3) is 2.44. The number of carbonyl (C=O) groups excluding carboxylic acids is 1. The van der Waals surface area contributed by atoms with Crippen LogP contribution in [-0.2, 0) is 0 Å². The molecule has 1 amide bonds. The highest BCUT2D eigenvalue weighted by Gasteiger charge is 2.24. The molecule has 0 bridgehead atoms. The fourth-order valence-corrected chi connectivity index (χ4v) is 1.97. The van der Waals surface area contributed by atoms with Crippen molar-refractivity contribution in [2.24, 2.45) is 0 Å². The molecule has 0 spiro atoms. The molecule has 92 valence electrons. The Bertz CT molecular complexity index is 431. The molecule has 1 fully saturated rings. The van der Waals surface area contributed by atoms with Crippen LogP contribution in [0.2, 0.25) is 0 Å². The number of likely N-dealkylation sites (N-methyl/N-ethyl adjacent to an activating group) is 1. The lowest BCUT2D eigenvalue weighted by molar-refractivity contribution is 0.0743. The van der Waals surface area contributed by atoms with E-state index in [1.165, 1.54) is 6.07 Å². The van der Waals surface area contributed by atoms with Gasteiger partial charge in [0.25, 0.3) is 5.91 Å². The van der Waals surface area contributed by atoms with Gasteiger partial charge in [-0.2, -0.15) is 0 Å². The zero-order valence-corrected chi connectivity index (χ0v) is 9.54. The van der Waals surface area contributed by atoms with Crippen LogP contribution in [0, 0.1) is 11.6 Å². The summed E-state index contributed by atoms with van der Waals surface area (Å²) in [6.07, 6.45) is 0.881. The minimum atomic E-state index is -0.992. The van der Waals surface area contributed by atoms with Crippen LogP contribution >= 0.6 is 0 Å². The maximum Gasteiger partial charge on any atom is 0.253 e. The molecule has 1 aromatic carbocycles. The van der Waals surface area contributed by atoms with Gasteiger partial charge in [-0.25, -0.2) is 8.78 Å². The summed E-state index contributed by atoms with van der Waals surface area (Å²) in [6, 6.07) is 3.34. The Morgan fingerprint density at radius 2 is 2.18 bits per heavy atom. The molecule has 1 N–H and O–H groups in total. The molecule has 0 aliphatic carbocycles. The first kappa shape index (κ1) is 12.0. The molecule has 1 aromatic rings. The van der Waals surface area contributed by atoms with Crippen LogP contribution in [0.5, 0.6) is 0 Å². The number of nitrogens with one attached hydrogen (secondary N) is 1. The topological polar surface area (TPSA) is 32.3 Å². The molecule has 0 saturated carbocycles. The third-order valence-corrected chi connectivity index (χ3v) is 3.07. The van der Waals surface area contributed by atoms with Crippen molar-refractivity contribution >= 4 is 5.91 Å². The van der Waals surface area contributed by atoms with Crippen LogP contribution in [0.25, 0.3) is 0 Å². The Labute approximate surface area is 98.4 Å². The van der Waals surface area contributed by atoms with E-state index in [9.17, 15) is 13.6 Å².